The third kappa shape index (κ3) is 8.13. The van der Waals surface area contributed by atoms with E-state index in [0.717, 1.165) is 5.56 Å². The van der Waals surface area contributed by atoms with E-state index in [9.17, 15) is 14.9 Å². The summed E-state index contributed by atoms with van der Waals surface area (Å²) in [6, 6.07) is 14.4. The second kappa shape index (κ2) is 13.9. The molecule has 46 heavy (non-hydrogen) atoms. The fraction of sp³-hybridized carbons (Fsp3) is 0.194. The number of carbonyl (C=O) groups excluding carboxylic acids is 1. The van der Waals surface area contributed by atoms with Crippen LogP contribution >= 0.6 is 23.2 Å². The van der Waals surface area contributed by atoms with Gasteiger partial charge in [-0.15, -0.1) is 0 Å². The molecule has 2 N–H and O–H groups in total. The van der Waals surface area contributed by atoms with Gasteiger partial charge < -0.3 is 34.5 Å². The standard InChI is InChI=1S/C31H29Cl2N9O4/c1-40-19-37-31(41(44)45)26(40)16-42(2,3)11-5-8-29(43)39-28-14-23-25(15-34-28)35-18-36-30(23)38-22-9-10-27(24(33)13-22)46-17-20-6-4-7-21(32)12-20/h4-10,12-15,18-19H,11,16-17H2,1-3H3,(H-,34,35,36,38,39,43)/p+1/b8-5+. The SMILES string of the molecule is Cn1cnc([N+](=O)[O-])c1C[N+](C)(C)C/C=C/C(=O)Nc1cc2c(Nc3ccc(OCc4cccc(Cl)c4)c(Cl)c3)ncnc2cn1. The van der Waals surface area contributed by atoms with Gasteiger partial charge in [-0.25, -0.2) is 15.0 Å². The van der Waals surface area contributed by atoms with Crippen LogP contribution in [0.4, 0.5) is 23.1 Å². The number of nitro groups is 1. The molecule has 0 saturated carbocycles. The number of ether oxygens (including phenoxy) is 1. The number of aromatic nitrogens is 5. The molecule has 0 aliphatic rings. The minimum atomic E-state index is -0.494. The van der Waals surface area contributed by atoms with Crippen molar-refractivity contribution in [3.8, 4) is 5.75 Å². The molecule has 0 atom stereocenters. The Balaban J connectivity index is 1.23. The first kappa shape index (κ1) is 32.3. The molecule has 3 aromatic heterocycles. The van der Waals surface area contributed by atoms with E-state index in [-0.39, 0.29) is 11.7 Å². The average Bonchev–Trinajstić information content (AvgIpc) is 3.36. The Labute approximate surface area is 274 Å². The number of halogens is 2. The van der Waals surface area contributed by atoms with Crippen molar-refractivity contribution in [1.29, 1.82) is 0 Å². The number of aryl methyl sites for hydroxylation is 1. The summed E-state index contributed by atoms with van der Waals surface area (Å²) in [5, 5.41) is 19.0. The summed E-state index contributed by atoms with van der Waals surface area (Å²) in [6.45, 7) is 1.10. The lowest BCUT2D eigenvalue weighted by Gasteiger charge is -2.27. The monoisotopic (exact) mass is 662 g/mol. The van der Waals surface area contributed by atoms with Gasteiger partial charge in [-0.3, -0.25) is 4.79 Å². The number of nitrogens with zero attached hydrogens (tertiary/aromatic N) is 7. The second-order valence-electron chi connectivity index (χ2n) is 11.0. The Hall–Kier alpha value is -5.11. The lowest BCUT2D eigenvalue weighted by molar-refractivity contribution is -0.898. The van der Waals surface area contributed by atoms with Gasteiger partial charge in [0, 0.05) is 29.2 Å². The predicted octanol–water partition coefficient (Wildman–Crippen LogP) is 6.07. The van der Waals surface area contributed by atoms with Crippen LogP contribution < -0.4 is 15.4 Å². The van der Waals surface area contributed by atoms with Gasteiger partial charge in [0.2, 0.25) is 12.2 Å². The van der Waals surface area contributed by atoms with Crippen molar-refractivity contribution < 1.29 is 18.9 Å². The summed E-state index contributed by atoms with van der Waals surface area (Å²) in [4.78, 5) is 40.4. The summed E-state index contributed by atoms with van der Waals surface area (Å²) in [6.07, 6.45) is 7.49. The Kier molecular flexibility index (Phi) is 9.75. The first-order valence-corrected chi connectivity index (χ1v) is 14.7. The van der Waals surface area contributed by atoms with Crippen molar-refractivity contribution in [2.75, 3.05) is 31.3 Å². The molecule has 5 rings (SSSR count). The van der Waals surface area contributed by atoms with Crippen molar-refractivity contribution in [2.45, 2.75) is 13.2 Å². The number of amides is 1. The molecule has 2 aromatic carbocycles. The highest BCUT2D eigenvalue weighted by atomic mass is 35.5. The van der Waals surface area contributed by atoms with Crippen LogP contribution in [0, 0.1) is 10.1 Å². The topological polar surface area (TPSA) is 150 Å². The van der Waals surface area contributed by atoms with Crippen molar-refractivity contribution in [3.05, 3.63) is 111 Å². The van der Waals surface area contributed by atoms with Crippen LogP contribution in [0.3, 0.4) is 0 Å². The number of pyridine rings is 1. The van der Waals surface area contributed by atoms with Crippen molar-refractivity contribution in [1.82, 2.24) is 24.5 Å². The number of likely N-dealkylation sites (N-methyl/N-ethyl adjacent to an activating group) is 1. The number of quaternary nitrogens is 1. The molecule has 0 unspecified atom stereocenters. The van der Waals surface area contributed by atoms with Crippen molar-refractivity contribution >= 4 is 63.2 Å². The summed E-state index contributed by atoms with van der Waals surface area (Å²) in [5.74, 6) is 0.759. The molecular weight excluding hydrogens is 633 g/mol. The summed E-state index contributed by atoms with van der Waals surface area (Å²) >= 11 is 12.6. The average molecular weight is 664 g/mol. The third-order valence-corrected chi connectivity index (χ3v) is 7.44. The van der Waals surface area contributed by atoms with E-state index in [4.69, 9.17) is 27.9 Å². The maximum atomic E-state index is 12.7. The molecule has 0 bridgehead atoms. The number of anilines is 3. The molecular formula is C31H30Cl2N9O4+. The van der Waals surface area contributed by atoms with E-state index < -0.39 is 4.92 Å². The fourth-order valence-electron chi connectivity index (χ4n) is 4.61. The molecule has 0 saturated heterocycles. The first-order valence-electron chi connectivity index (χ1n) is 14.0. The Bertz CT molecular complexity index is 1950. The van der Waals surface area contributed by atoms with Crippen LogP contribution in [-0.4, -0.2) is 60.5 Å². The number of benzene rings is 2. The Morgan fingerprint density at radius 2 is 1.93 bits per heavy atom. The van der Waals surface area contributed by atoms with Crippen LogP contribution in [0.5, 0.6) is 5.75 Å². The number of carbonyl (C=O) groups is 1. The van der Waals surface area contributed by atoms with Gasteiger partial charge in [0.25, 0.3) is 0 Å². The zero-order valence-electron chi connectivity index (χ0n) is 25.1. The van der Waals surface area contributed by atoms with E-state index in [0.29, 0.717) is 73.9 Å². The fourth-order valence-corrected chi connectivity index (χ4v) is 5.06. The molecule has 0 spiro atoms. The van der Waals surface area contributed by atoms with Crippen LogP contribution in [0.25, 0.3) is 10.9 Å². The minimum Gasteiger partial charge on any atom is -0.487 e. The summed E-state index contributed by atoms with van der Waals surface area (Å²) in [7, 11) is 5.53. The highest BCUT2D eigenvalue weighted by Crippen LogP contribution is 2.31. The van der Waals surface area contributed by atoms with Crippen LogP contribution in [0.15, 0.2) is 79.5 Å². The molecule has 0 fully saturated rings. The summed E-state index contributed by atoms with van der Waals surface area (Å²) in [5.41, 5.74) is 2.66. The number of nitrogens with one attached hydrogen (secondary N) is 2. The maximum Gasteiger partial charge on any atom is 0.390 e. The second-order valence-corrected chi connectivity index (χ2v) is 11.9. The molecule has 0 aliphatic heterocycles. The van der Waals surface area contributed by atoms with Crippen LogP contribution in [0.2, 0.25) is 10.0 Å². The molecule has 1 amide bonds. The van der Waals surface area contributed by atoms with E-state index >= 15 is 0 Å². The smallest absolute Gasteiger partial charge is 0.390 e. The van der Waals surface area contributed by atoms with Crippen molar-refractivity contribution in [3.63, 3.8) is 0 Å². The number of fused-ring (bicyclic) bond motifs is 1. The van der Waals surface area contributed by atoms with Gasteiger partial charge in [0.1, 0.15) is 36.9 Å². The third-order valence-electron chi connectivity index (χ3n) is 6.91. The van der Waals surface area contributed by atoms with E-state index in [2.05, 4.69) is 30.6 Å². The van der Waals surface area contributed by atoms with Gasteiger partial charge >= 0.3 is 5.82 Å². The molecule has 3 heterocycles. The van der Waals surface area contributed by atoms with Crippen LogP contribution in [-0.2, 0) is 25.0 Å². The number of imidazole rings is 1. The van der Waals surface area contributed by atoms with Gasteiger partial charge in [-0.2, -0.15) is 0 Å². The van der Waals surface area contributed by atoms with Crippen LogP contribution in [0.1, 0.15) is 11.3 Å². The highest BCUT2D eigenvalue weighted by molar-refractivity contribution is 6.32. The predicted molar refractivity (Wildman–Crippen MR) is 176 cm³/mol. The molecule has 0 aliphatic carbocycles. The largest absolute Gasteiger partial charge is 0.487 e. The van der Waals surface area contributed by atoms with Gasteiger partial charge in [-0.05, 0) is 57.9 Å². The number of hydrogen-bond donors (Lipinski definition) is 2. The number of rotatable bonds is 12. The van der Waals surface area contributed by atoms with E-state index in [1.54, 1.807) is 48.2 Å². The highest BCUT2D eigenvalue weighted by Gasteiger charge is 2.27. The first-order chi connectivity index (χ1) is 22.0. The zero-order valence-corrected chi connectivity index (χ0v) is 26.7. The minimum absolute atomic E-state index is 0.172. The molecule has 236 valence electrons. The lowest BCUT2D eigenvalue weighted by Crippen LogP contribution is -2.39. The van der Waals surface area contributed by atoms with E-state index in [1.165, 1.54) is 18.7 Å². The lowest BCUT2D eigenvalue weighted by atomic mass is 10.2. The molecule has 15 heteroatoms. The molecule has 5 aromatic rings. The quantitative estimate of drug-likeness (QED) is 0.0702. The van der Waals surface area contributed by atoms with Gasteiger partial charge in [0.05, 0.1) is 37.4 Å². The zero-order chi connectivity index (χ0) is 32.8. The maximum absolute atomic E-state index is 12.7. The van der Waals surface area contributed by atoms with Gasteiger partial charge in [-0.1, -0.05) is 35.3 Å². The Morgan fingerprint density at radius 3 is 2.70 bits per heavy atom. The van der Waals surface area contributed by atoms with E-state index in [1.807, 2.05) is 38.4 Å². The van der Waals surface area contributed by atoms with Crippen molar-refractivity contribution in [2.24, 2.45) is 7.05 Å². The normalized spacial score (nSPS) is 11.6. The number of hydrogen-bond acceptors (Lipinski definition) is 9. The van der Waals surface area contributed by atoms with Gasteiger partial charge in [0.15, 0.2) is 5.69 Å². The Morgan fingerprint density at radius 1 is 1.11 bits per heavy atom. The molecule has 0 radical (unpaired) electrons. The molecule has 13 nitrogen and oxygen atoms in total. The summed E-state index contributed by atoms with van der Waals surface area (Å²) < 4.78 is 7.87.